The molecular weight excluding hydrogens is 216 g/mol. The highest BCUT2D eigenvalue weighted by molar-refractivity contribution is 6.10. The second-order valence-corrected chi connectivity index (χ2v) is 5.12. The van der Waals surface area contributed by atoms with E-state index in [0.29, 0.717) is 16.7 Å². The number of carbonyl (C=O) groups excluding carboxylic acids is 1. The third-order valence-corrected chi connectivity index (χ3v) is 3.54. The van der Waals surface area contributed by atoms with E-state index in [2.05, 4.69) is 0 Å². The summed E-state index contributed by atoms with van der Waals surface area (Å²) in [6, 6.07) is 0. The van der Waals surface area contributed by atoms with Crippen LogP contribution >= 0.6 is 0 Å². The van der Waals surface area contributed by atoms with Crippen LogP contribution in [0.15, 0.2) is 12.2 Å². The Morgan fingerprint density at radius 1 is 1.06 bits per heavy atom. The van der Waals surface area contributed by atoms with Gasteiger partial charge in [0.2, 0.25) is 0 Å². The number of carbonyl (C=O) groups is 1. The lowest BCUT2D eigenvalue weighted by Gasteiger charge is -2.30. The lowest BCUT2D eigenvalue weighted by atomic mass is 9.74. The predicted molar refractivity (Wildman–Crippen MR) is 65.7 cm³/mol. The van der Waals surface area contributed by atoms with Gasteiger partial charge in [-0.05, 0) is 31.1 Å². The van der Waals surface area contributed by atoms with Gasteiger partial charge < -0.3 is 10.2 Å². The average Bonchev–Trinajstić information content (AvgIpc) is 2.26. The molecule has 3 nitrogen and oxygen atoms in total. The van der Waals surface area contributed by atoms with Crippen molar-refractivity contribution in [3.05, 3.63) is 34.4 Å². The maximum atomic E-state index is 11.9. The van der Waals surface area contributed by atoms with E-state index in [4.69, 9.17) is 0 Å². The highest BCUT2D eigenvalue weighted by Gasteiger charge is 2.34. The normalized spacial score (nSPS) is 17.1. The minimum Gasteiger partial charge on any atom is -0.507 e. The summed E-state index contributed by atoms with van der Waals surface area (Å²) in [5.41, 5.74) is 1.48. The molecule has 0 amide bonds. The first-order valence-corrected chi connectivity index (χ1v) is 5.56. The Labute approximate surface area is 100 Å². The molecule has 0 aliphatic heterocycles. The number of hydrogen-bond acceptors (Lipinski definition) is 3. The summed E-state index contributed by atoms with van der Waals surface area (Å²) in [5.74, 6) is -0.161. The van der Waals surface area contributed by atoms with Gasteiger partial charge in [-0.15, -0.1) is 0 Å². The molecule has 90 valence electrons. The van der Waals surface area contributed by atoms with Gasteiger partial charge in [0.25, 0.3) is 0 Å². The van der Waals surface area contributed by atoms with Crippen molar-refractivity contribution >= 4 is 5.78 Å². The SMILES string of the molecule is Cc1c(C)c(O)c2c(c1O)C(=O)C=CC2(C)C. The number of benzene rings is 1. The zero-order chi connectivity index (χ0) is 13.0. The number of ketones is 1. The van der Waals surface area contributed by atoms with Gasteiger partial charge in [-0.2, -0.15) is 0 Å². The molecule has 0 radical (unpaired) electrons. The molecule has 2 rings (SSSR count). The molecule has 1 aliphatic carbocycles. The Bertz CT molecular complexity index is 551. The van der Waals surface area contributed by atoms with Crippen molar-refractivity contribution in [1.82, 2.24) is 0 Å². The fourth-order valence-corrected chi connectivity index (χ4v) is 2.28. The molecule has 3 heteroatoms. The van der Waals surface area contributed by atoms with Crippen LogP contribution in [-0.4, -0.2) is 16.0 Å². The van der Waals surface area contributed by atoms with E-state index < -0.39 is 5.41 Å². The zero-order valence-corrected chi connectivity index (χ0v) is 10.5. The van der Waals surface area contributed by atoms with E-state index in [9.17, 15) is 15.0 Å². The highest BCUT2D eigenvalue weighted by atomic mass is 16.3. The third-order valence-electron chi connectivity index (χ3n) is 3.54. The molecule has 1 aromatic carbocycles. The Balaban J connectivity index is 2.94. The first-order valence-electron chi connectivity index (χ1n) is 5.56. The number of hydrogen-bond donors (Lipinski definition) is 2. The smallest absolute Gasteiger partial charge is 0.189 e. The molecule has 1 aliphatic rings. The number of fused-ring (bicyclic) bond motifs is 1. The molecule has 0 saturated heterocycles. The third kappa shape index (κ3) is 1.46. The van der Waals surface area contributed by atoms with Gasteiger partial charge in [0, 0.05) is 11.0 Å². The van der Waals surface area contributed by atoms with Crippen LogP contribution in [0.4, 0.5) is 0 Å². The van der Waals surface area contributed by atoms with E-state index in [1.165, 1.54) is 6.08 Å². The fraction of sp³-hybridized carbons (Fsp3) is 0.357. The topological polar surface area (TPSA) is 57.5 Å². The van der Waals surface area contributed by atoms with Crippen LogP contribution in [0.25, 0.3) is 0 Å². The second kappa shape index (κ2) is 3.36. The zero-order valence-electron chi connectivity index (χ0n) is 10.5. The van der Waals surface area contributed by atoms with Crippen molar-refractivity contribution in [2.75, 3.05) is 0 Å². The molecule has 17 heavy (non-hydrogen) atoms. The van der Waals surface area contributed by atoms with Crippen molar-refractivity contribution in [1.29, 1.82) is 0 Å². The summed E-state index contributed by atoms with van der Waals surface area (Å²) >= 11 is 0. The van der Waals surface area contributed by atoms with Gasteiger partial charge >= 0.3 is 0 Å². The molecule has 0 fully saturated rings. The molecule has 1 aromatic rings. The number of rotatable bonds is 0. The van der Waals surface area contributed by atoms with Crippen LogP contribution in [0.2, 0.25) is 0 Å². The largest absolute Gasteiger partial charge is 0.507 e. The summed E-state index contributed by atoms with van der Waals surface area (Å²) < 4.78 is 0. The Kier molecular flexibility index (Phi) is 2.31. The van der Waals surface area contributed by atoms with E-state index in [1.807, 2.05) is 13.8 Å². The summed E-state index contributed by atoms with van der Waals surface area (Å²) in [7, 11) is 0. The average molecular weight is 232 g/mol. The van der Waals surface area contributed by atoms with Crippen molar-refractivity contribution < 1.29 is 15.0 Å². The summed E-state index contributed by atoms with van der Waals surface area (Å²) in [4.78, 5) is 11.9. The van der Waals surface area contributed by atoms with E-state index in [-0.39, 0.29) is 22.8 Å². The Hall–Kier alpha value is -1.77. The standard InChI is InChI=1S/C14H16O3/c1-7-8(2)13(17)11-10(12(7)16)9(15)5-6-14(11,3)4/h5-6,16-17H,1-4H3. The van der Waals surface area contributed by atoms with Gasteiger partial charge in [-0.1, -0.05) is 19.9 Å². The van der Waals surface area contributed by atoms with Crippen LogP contribution < -0.4 is 0 Å². The van der Waals surface area contributed by atoms with Crippen LogP contribution in [0, 0.1) is 13.8 Å². The molecule has 0 bridgehead atoms. The summed E-state index contributed by atoms with van der Waals surface area (Å²) in [5, 5.41) is 20.3. The summed E-state index contributed by atoms with van der Waals surface area (Å²) in [6.07, 6.45) is 3.21. The molecule has 0 atom stereocenters. The molecule has 0 aromatic heterocycles. The second-order valence-electron chi connectivity index (χ2n) is 5.12. The summed E-state index contributed by atoms with van der Waals surface area (Å²) in [6.45, 7) is 7.25. The molecular formula is C14H16O3. The van der Waals surface area contributed by atoms with Gasteiger partial charge in [0.15, 0.2) is 5.78 Å². The van der Waals surface area contributed by atoms with Crippen molar-refractivity contribution in [2.45, 2.75) is 33.1 Å². The van der Waals surface area contributed by atoms with E-state index in [1.54, 1.807) is 19.9 Å². The van der Waals surface area contributed by atoms with Crippen molar-refractivity contribution in [3.8, 4) is 11.5 Å². The molecule has 0 saturated carbocycles. The minimum absolute atomic E-state index is 0.0160. The van der Waals surface area contributed by atoms with Crippen LogP contribution in [0.1, 0.15) is 40.9 Å². The fourth-order valence-electron chi connectivity index (χ4n) is 2.28. The minimum atomic E-state index is -0.455. The molecule has 2 N–H and O–H groups in total. The van der Waals surface area contributed by atoms with Gasteiger partial charge in [0.05, 0.1) is 5.56 Å². The monoisotopic (exact) mass is 232 g/mol. The van der Waals surface area contributed by atoms with Gasteiger partial charge in [0.1, 0.15) is 11.5 Å². The Morgan fingerprint density at radius 2 is 1.59 bits per heavy atom. The molecule has 0 unspecified atom stereocenters. The number of phenolic OH excluding ortho intramolecular Hbond substituents is 2. The van der Waals surface area contributed by atoms with Gasteiger partial charge in [-0.25, -0.2) is 0 Å². The van der Waals surface area contributed by atoms with E-state index in [0.717, 1.165) is 0 Å². The van der Waals surface area contributed by atoms with Gasteiger partial charge in [-0.3, -0.25) is 4.79 Å². The quantitative estimate of drug-likeness (QED) is 0.676. The van der Waals surface area contributed by atoms with Crippen LogP contribution in [-0.2, 0) is 5.41 Å². The van der Waals surface area contributed by atoms with E-state index >= 15 is 0 Å². The Morgan fingerprint density at radius 3 is 2.18 bits per heavy atom. The maximum Gasteiger partial charge on any atom is 0.189 e. The molecule has 0 heterocycles. The lowest BCUT2D eigenvalue weighted by molar-refractivity contribution is 0.103. The first kappa shape index (κ1) is 11.7. The van der Waals surface area contributed by atoms with Crippen molar-refractivity contribution in [3.63, 3.8) is 0 Å². The van der Waals surface area contributed by atoms with Crippen LogP contribution in [0.5, 0.6) is 11.5 Å². The molecule has 0 spiro atoms. The van der Waals surface area contributed by atoms with Crippen molar-refractivity contribution in [2.24, 2.45) is 0 Å². The predicted octanol–water partition coefficient (Wildman–Crippen LogP) is 2.74. The lowest BCUT2D eigenvalue weighted by Crippen LogP contribution is -2.23. The number of phenols is 2. The van der Waals surface area contributed by atoms with Crippen LogP contribution in [0.3, 0.4) is 0 Å². The highest BCUT2D eigenvalue weighted by Crippen LogP contribution is 2.45. The number of allylic oxidation sites excluding steroid dienone is 2. The first-order chi connectivity index (χ1) is 7.77. The maximum absolute atomic E-state index is 11.9. The number of aromatic hydroxyl groups is 2.